The summed E-state index contributed by atoms with van der Waals surface area (Å²) in [4.78, 5) is 14.4. The minimum Gasteiger partial charge on any atom is -0.489 e. The monoisotopic (exact) mass is 178 g/mol. The Balaban J connectivity index is 2.20. The van der Waals surface area contributed by atoms with Crippen molar-refractivity contribution in [3.8, 4) is 5.75 Å². The Hall–Kier alpha value is -1.58. The van der Waals surface area contributed by atoms with Gasteiger partial charge in [-0.3, -0.25) is 4.79 Å². The lowest BCUT2D eigenvalue weighted by molar-refractivity contribution is 0.112. The second-order valence-corrected chi connectivity index (χ2v) is 3.08. The highest BCUT2D eigenvalue weighted by atomic mass is 16.5. The fourth-order valence-corrected chi connectivity index (χ4v) is 1.01. The quantitative estimate of drug-likeness (QED) is 0.702. The van der Waals surface area contributed by atoms with Crippen LogP contribution in [0.2, 0.25) is 0 Å². The molecule has 0 unspecified atom stereocenters. The molecule has 0 aliphatic heterocycles. The maximum Gasteiger partial charge on any atom is 0.153 e. The van der Waals surface area contributed by atoms with E-state index in [0.717, 1.165) is 12.8 Å². The largest absolute Gasteiger partial charge is 0.489 e. The van der Waals surface area contributed by atoms with Crippen LogP contribution in [0.5, 0.6) is 5.75 Å². The van der Waals surface area contributed by atoms with E-state index in [9.17, 15) is 4.79 Å². The minimum absolute atomic E-state index is 0.248. The van der Waals surface area contributed by atoms with Crippen molar-refractivity contribution >= 4 is 12.1 Å². The normalized spacial score (nSPS) is 15.4. The molecule has 0 aromatic carbocycles. The van der Waals surface area contributed by atoms with Crippen molar-refractivity contribution < 1.29 is 9.53 Å². The second kappa shape index (κ2) is 3.05. The SMILES string of the molecule is Nc1ncc(OC2CC2)cc1C=O. The first-order valence-corrected chi connectivity index (χ1v) is 4.17. The molecule has 1 aromatic heterocycles. The van der Waals surface area contributed by atoms with E-state index in [1.54, 1.807) is 12.3 Å². The number of pyridine rings is 1. The molecule has 1 heterocycles. The predicted octanol–water partition coefficient (Wildman–Crippen LogP) is 1.02. The highest BCUT2D eigenvalue weighted by Crippen LogP contribution is 2.27. The Bertz CT molecular complexity index is 334. The van der Waals surface area contributed by atoms with E-state index in [1.807, 2.05) is 0 Å². The highest BCUT2D eigenvalue weighted by Gasteiger charge is 2.23. The van der Waals surface area contributed by atoms with Crippen LogP contribution < -0.4 is 10.5 Å². The van der Waals surface area contributed by atoms with Gasteiger partial charge in [0.2, 0.25) is 0 Å². The van der Waals surface area contributed by atoms with Crippen LogP contribution in [0.15, 0.2) is 12.3 Å². The molecule has 0 amide bonds. The third-order valence-corrected chi connectivity index (χ3v) is 1.88. The second-order valence-electron chi connectivity index (χ2n) is 3.08. The molecule has 0 saturated heterocycles. The van der Waals surface area contributed by atoms with Gasteiger partial charge in [-0.15, -0.1) is 0 Å². The Morgan fingerprint density at radius 1 is 1.62 bits per heavy atom. The van der Waals surface area contributed by atoms with Crippen LogP contribution in [0, 0.1) is 0 Å². The van der Waals surface area contributed by atoms with Gasteiger partial charge >= 0.3 is 0 Å². The molecule has 2 rings (SSSR count). The van der Waals surface area contributed by atoms with Crippen LogP contribution in [0.25, 0.3) is 0 Å². The number of aromatic nitrogens is 1. The zero-order chi connectivity index (χ0) is 9.26. The first-order valence-electron chi connectivity index (χ1n) is 4.17. The van der Waals surface area contributed by atoms with Crippen LogP contribution >= 0.6 is 0 Å². The first kappa shape index (κ1) is 8.04. The van der Waals surface area contributed by atoms with E-state index < -0.39 is 0 Å². The molecular formula is C9H10N2O2. The number of nitrogens with two attached hydrogens (primary N) is 1. The van der Waals surface area contributed by atoms with Gasteiger partial charge in [-0.1, -0.05) is 0 Å². The molecule has 68 valence electrons. The number of hydrogen-bond acceptors (Lipinski definition) is 4. The molecule has 13 heavy (non-hydrogen) atoms. The van der Waals surface area contributed by atoms with Gasteiger partial charge in [0.25, 0.3) is 0 Å². The van der Waals surface area contributed by atoms with E-state index in [2.05, 4.69) is 4.98 Å². The zero-order valence-electron chi connectivity index (χ0n) is 7.06. The number of carbonyl (C=O) groups is 1. The Morgan fingerprint density at radius 3 is 3.00 bits per heavy atom. The Kier molecular flexibility index (Phi) is 1.88. The fourth-order valence-electron chi connectivity index (χ4n) is 1.01. The van der Waals surface area contributed by atoms with Gasteiger partial charge in [-0.05, 0) is 18.9 Å². The molecular weight excluding hydrogens is 168 g/mol. The van der Waals surface area contributed by atoms with Crippen molar-refractivity contribution in [2.75, 3.05) is 5.73 Å². The molecule has 1 aromatic rings. The summed E-state index contributed by atoms with van der Waals surface area (Å²) >= 11 is 0. The van der Waals surface area contributed by atoms with Gasteiger partial charge in [-0.25, -0.2) is 4.98 Å². The lowest BCUT2D eigenvalue weighted by Gasteiger charge is -2.04. The van der Waals surface area contributed by atoms with E-state index in [0.29, 0.717) is 23.7 Å². The van der Waals surface area contributed by atoms with E-state index in [-0.39, 0.29) is 5.82 Å². The third kappa shape index (κ3) is 1.77. The molecule has 2 N–H and O–H groups in total. The van der Waals surface area contributed by atoms with E-state index in [4.69, 9.17) is 10.5 Å². The molecule has 1 saturated carbocycles. The van der Waals surface area contributed by atoms with Gasteiger partial charge in [-0.2, -0.15) is 0 Å². The topological polar surface area (TPSA) is 65.2 Å². The summed E-state index contributed by atoms with van der Waals surface area (Å²) in [6.45, 7) is 0. The third-order valence-electron chi connectivity index (χ3n) is 1.88. The van der Waals surface area contributed by atoms with Gasteiger partial charge in [0.1, 0.15) is 11.6 Å². The number of rotatable bonds is 3. The van der Waals surface area contributed by atoms with E-state index >= 15 is 0 Å². The summed E-state index contributed by atoms with van der Waals surface area (Å²) in [5.41, 5.74) is 5.84. The van der Waals surface area contributed by atoms with Crippen LogP contribution in [0.4, 0.5) is 5.82 Å². The van der Waals surface area contributed by atoms with Gasteiger partial charge in [0, 0.05) is 0 Å². The number of ether oxygens (including phenoxy) is 1. The number of aldehydes is 1. The van der Waals surface area contributed by atoms with Gasteiger partial charge < -0.3 is 10.5 Å². The molecule has 4 heteroatoms. The Morgan fingerprint density at radius 2 is 2.38 bits per heavy atom. The molecule has 0 radical (unpaired) electrons. The summed E-state index contributed by atoms with van der Waals surface area (Å²) in [6.07, 6.45) is 4.70. The van der Waals surface area contributed by atoms with Gasteiger partial charge in [0.15, 0.2) is 6.29 Å². The molecule has 1 fully saturated rings. The van der Waals surface area contributed by atoms with Crippen molar-refractivity contribution in [2.45, 2.75) is 18.9 Å². The summed E-state index contributed by atoms with van der Waals surface area (Å²) in [7, 11) is 0. The maximum atomic E-state index is 10.5. The van der Waals surface area contributed by atoms with Crippen LogP contribution in [0.1, 0.15) is 23.2 Å². The molecule has 4 nitrogen and oxygen atoms in total. The molecule has 1 aliphatic rings. The summed E-state index contributed by atoms with van der Waals surface area (Å²) in [5.74, 6) is 0.872. The number of nitrogen functional groups attached to an aromatic ring is 1. The number of carbonyl (C=O) groups excluding carboxylic acids is 1. The lowest BCUT2D eigenvalue weighted by Crippen LogP contribution is -2.00. The van der Waals surface area contributed by atoms with Crippen LogP contribution in [-0.4, -0.2) is 17.4 Å². The van der Waals surface area contributed by atoms with Crippen LogP contribution in [0.3, 0.4) is 0 Å². The smallest absolute Gasteiger partial charge is 0.153 e. The molecule has 1 aliphatic carbocycles. The summed E-state index contributed by atoms with van der Waals surface area (Å²) in [6, 6.07) is 1.62. The van der Waals surface area contributed by atoms with Crippen LogP contribution in [-0.2, 0) is 0 Å². The number of anilines is 1. The average molecular weight is 178 g/mol. The van der Waals surface area contributed by atoms with E-state index in [1.165, 1.54) is 0 Å². The highest BCUT2D eigenvalue weighted by molar-refractivity contribution is 5.82. The van der Waals surface area contributed by atoms with Crippen molar-refractivity contribution in [1.82, 2.24) is 4.98 Å². The first-order chi connectivity index (χ1) is 6.29. The molecule has 0 bridgehead atoms. The lowest BCUT2D eigenvalue weighted by atomic mass is 10.3. The van der Waals surface area contributed by atoms with Crippen molar-refractivity contribution in [1.29, 1.82) is 0 Å². The average Bonchev–Trinajstić information content (AvgIpc) is 2.92. The van der Waals surface area contributed by atoms with Crippen molar-refractivity contribution in [3.05, 3.63) is 17.8 Å². The minimum atomic E-state index is 0.248. The zero-order valence-corrected chi connectivity index (χ0v) is 7.06. The van der Waals surface area contributed by atoms with Crippen molar-refractivity contribution in [3.63, 3.8) is 0 Å². The number of nitrogens with zero attached hydrogens (tertiary/aromatic N) is 1. The standard InChI is InChI=1S/C9H10N2O2/c10-9-6(5-12)3-8(4-11-9)13-7-1-2-7/h3-5,7H,1-2H2,(H2,10,11). The number of hydrogen-bond donors (Lipinski definition) is 1. The Labute approximate surface area is 75.7 Å². The molecule has 0 spiro atoms. The van der Waals surface area contributed by atoms with Gasteiger partial charge in [0.05, 0.1) is 17.9 Å². The molecule has 0 atom stereocenters. The maximum absolute atomic E-state index is 10.5. The summed E-state index contributed by atoms with van der Waals surface area (Å²) < 4.78 is 5.45. The fraction of sp³-hybridized carbons (Fsp3) is 0.333. The summed E-state index contributed by atoms with van der Waals surface area (Å²) in [5, 5.41) is 0. The van der Waals surface area contributed by atoms with Crippen molar-refractivity contribution in [2.24, 2.45) is 0 Å². The predicted molar refractivity (Wildman–Crippen MR) is 47.7 cm³/mol.